The van der Waals surface area contributed by atoms with E-state index in [1.54, 1.807) is 6.92 Å². The van der Waals surface area contributed by atoms with E-state index in [9.17, 15) is 4.79 Å². The molecule has 2 rings (SSSR count). The van der Waals surface area contributed by atoms with Gasteiger partial charge in [-0.2, -0.15) is 0 Å². The van der Waals surface area contributed by atoms with E-state index in [0.29, 0.717) is 32.5 Å². The number of carbonyl (C=O) groups excluding carboxylic acids is 1. The number of oxime groups is 2. The molecule has 0 aromatic rings. The van der Waals surface area contributed by atoms with Gasteiger partial charge in [0.15, 0.2) is 0 Å². The molecule has 0 amide bonds. The van der Waals surface area contributed by atoms with E-state index in [4.69, 9.17) is 14.4 Å². The van der Waals surface area contributed by atoms with Crippen molar-refractivity contribution in [3.05, 3.63) is 0 Å². The van der Waals surface area contributed by atoms with Crippen LogP contribution in [0.15, 0.2) is 10.3 Å². The Morgan fingerprint density at radius 1 is 1.47 bits per heavy atom. The van der Waals surface area contributed by atoms with Gasteiger partial charge in [-0.1, -0.05) is 10.3 Å². The van der Waals surface area contributed by atoms with Crippen LogP contribution in [-0.2, 0) is 19.2 Å². The average molecular weight is 240 g/mol. The van der Waals surface area contributed by atoms with Crippen LogP contribution in [0, 0.1) is 0 Å². The minimum Gasteiger partial charge on any atom is -0.381 e. The summed E-state index contributed by atoms with van der Waals surface area (Å²) in [5.74, 6) is -0.503. The number of carbonyl (C=O) groups is 1. The number of nitrogens with zero attached hydrogens (tertiary/aromatic N) is 2. The molecule has 17 heavy (non-hydrogen) atoms. The minimum atomic E-state index is -1.03. The molecule has 94 valence electrons. The zero-order valence-corrected chi connectivity index (χ0v) is 10.1. The van der Waals surface area contributed by atoms with Gasteiger partial charge in [-0.05, 0) is 13.8 Å². The molecular weight excluding hydrogens is 224 g/mol. The smallest absolute Gasteiger partial charge is 0.381 e. The SMILES string of the molecule is CC1=NOC(C)(C(=O)ON=C2CCOCC2)C1. The van der Waals surface area contributed by atoms with Crippen LogP contribution in [0.4, 0.5) is 0 Å². The van der Waals surface area contributed by atoms with E-state index in [-0.39, 0.29) is 0 Å². The summed E-state index contributed by atoms with van der Waals surface area (Å²) in [4.78, 5) is 21.8. The first-order chi connectivity index (χ1) is 8.10. The van der Waals surface area contributed by atoms with Gasteiger partial charge in [-0.15, -0.1) is 0 Å². The maximum absolute atomic E-state index is 11.8. The van der Waals surface area contributed by atoms with Gasteiger partial charge in [0.2, 0.25) is 5.60 Å². The summed E-state index contributed by atoms with van der Waals surface area (Å²) in [7, 11) is 0. The molecule has 2 aliphatic heterocycles. The van der Waals surface area contributed by atoms with Gasteiger partial charge < -0.3 is 14.4 Å². The Kier molecular flexibility index (Phi) is 3.42. The molecule has 0 aliphatic carbocycles. The van der Waals surface area contributed by atoms with E-state index >= 15 is 0 Å². The molecule has 0 bridgehead atoms. The topological polar surface area (TPSA) is 69.5 Å². The molecule has 6 heteroatoms. The van der Waals surface area contributed by atoms with Gasteiger partial charge in [-0.25, -0.2) is 4.79 Å². The Bertz CT molecular complexity index is 370. The van der Waals surface area contributed by atoms with Crippen LogP contribution in [-0.4, -0.2) is 36.2 Å². The first-order valence-electron chi connectivity index (χ1n) is 5.67. The quantitative estimate of drug-likeness (QED) is 0.538. The highest BCUT2D eigenvalue weighted by molar-refractivity contribution is 5.92. The lowest BCUT2D eigenvalue weighted by Gasteiger charge is -2.18. The predicted octanol–water partition coefficient (Wildman–Crippen LogP) is 1.25. The Labute approximate surface area is 99.6 Å². The number of hydrogen-bond acceptors (Lipinski definition) is 6. The fraction of sp³-hybridized carbons (Fsp3) is 0.727. The van der Waals surface area contributed by atoms with Gasteiger partial charge in [0, 0.05) is 19.3 Å². The Morgan fingerprint density at radius 3 is 2.76 bits per heavy atom. The molecule has 6 nitrogen and oxygen atoms in total. The Hall–Kier alpha value is -1.43. The van der Waals surface area contributed by atoms with Crippen molar-refractivity contribution in [1.29, 1.82) is 0 Å². The second kappa shape index (κ2) is 4.83. The predicted molar refractivity (Wildman–Crippen MR) is 60.8 cm³/mol. The monoisotopic (exact) mass is 240 g/mol. The lowest BCUT2D eigenvalue weighted by molar-refractivity contribution is -0.167. The largest absolute Gasteiger partial charge is 0.381 e. The third-order valence-electron chi connectivity index (χ3n) is 2.76. The van der Waals surface area contributed by atoms with Gasteiger partial charge in [0.1, 0.15) is 0 Å². The zero-order chi connectivity index (χ0) is 12.3. The summed E-state index contributed by atoms with van der Waals surface area (Å²) in [6.45, 7) is 4.72. The fourth-order valence-corrected chi connectivity index (χ4v) is 1.74. The zero-order valence-electron chi connectivity index (χ0n) is 10.1. The van der Waals surface area contributed by atoms with E-state index in [1.165, 1.54) is 0 Å². The molecule has 0 aromatic carbocycles. The van der Waals surface area contributed by atoms with Crippen LogP contribution in [0.25, 0.3) is 0 Å². The van der Waals surface area contributed by atoms with Crippen molar-refractivity contribution in [3.63, 3.8) is 0 Å². The van der Waals surface area contributed by atoms with E-state index < -0.39 is 11.6 Å². The van der Waals surface area contributed by atoms with E-state index in [0.717, 1.165) is 11.4 Å². The van der Waals surface area contributed by atoms with Crippen molar-refractivity contribution < 1.29 is 19.2 Å². The Morgan fingerprint density at radius 2 is 2.18 bits per heavy atom. The van der Waals surface area contributed by atoms with Crippen molar-refractivity contribution in [2.75, 3.05) is 13.2 Å². The molecule has 1 unspecified atom stereocenters. The van der Waals surface area contributed by atoms with Crippen LogP contribution < -0.4 is 0 Å². The normalized spacial score (nSPS) is 28.4. The van der Waals surface area contributed by atoms with E-state index in [1.807, 2.05) is 6.92 Å². The van der Waals surface area contributed by atoms with Crippen LogP contribution in [0.3, 0.4) is 0 Å². The van der Waals surface area contributed by atoms with Crippen molar-refractivity contribution in [1.82, 2.24) is 0 Å². The maximum atomic E-state index is 11.8. The molecule has 2 aliphatic rings. The van der Waals surface area contributed by atoms with Gasteiger partial charge in [0.25, 0.3) is 0 Å². The minimum absolute atomic E-state index is 0.444. The number of hydrogen-bond donors (Lipinski definition) is 0. The molecule has 1 fully saturated rings. The first kappa shape index (κ1) is 12.0. The van der Waals surface area contributed by atoms with Crippen molar-refractivity contribution in [2.45, 2.75) is 38.7 Å². The average Bonchev–Trinajstić information content (AvgIpc) is 2.69. The van der Waals surface area contributed by atoms with Crippen molar-refractivity contribution in [3.8, 4) is 0 Å². The fourth-order valence-electron chi connectivity index (χ4n) is 1.74. The standard InChI is InChI=1S/C11H16N2O4/c1-8-7-11(2,17-12-8)10(14)16-13-9-3-5-15-6-4-9/h3-7H2,1-2H3. The van der Waals surface area contributed by atoms with Gasteiger partial charge in [-0.3, -0.25) is 0 Å². The van der Waals surface area contributed by atoms with E-state index in [2.05, 4.69) is 10.3 Å². The number of rotatable bonds is 2. The van der Waals surface area contributed by atoms with Crippen molar-refractivity contribution >= 4 is 17.4 Å². The summed E-state index contributed by atoms with van der Waals surface area (Å²) in [5.41, 5.74) is 0.603. The molecule has 0 spiro atoms. The second-order valence-electron chi connectivity index (χ2n) is 4.47. The second-order valence-corrected chi connectivity index (χ2v) is 4.47. The summed E-state index contributed by atoms with van der Waals surface area (Å²) in [5, 5.41) is 7.61. The molecule has 1 atom stereocenters. The summed E-state index contributed by atoms with van der Waals surface area (Å²) < 4.78 is 5.18. The van der Waals surface area contributed by atoms with Crippen LogP contribution in [0.2, 0.25) is 0 Å². The van der Waals surface area contributed by atoms with Crippen LogP contribution >= 0.6 is 0 Å². The highest BCUT2D eigenvalue weighted by atomic mass is 16.7. The summed E-state index contributed by atoms with van der Waals surface area (Å²) in [6, 6.07) is 0. The van der Waals surface area contributed by atoms with Crippen LogP contribution in [0.1, 0.15) is 33.1 Å². The lowest BCUT2D eigenvalue weighted by atomic mass is 10.0. The molecule has 0 aromatic heterocycles. The third kappa shape index (κ3) is 2.82. The Balaban J connectivity index is 1.89. The first-order valence-corrected chi connectivity index (χ1v) is 5.67. The highest BCUT2D eigenvalue weighted by Crippen LogP contribution is 2.25. The highest BCUT2D eigenvalue weighted by Gasteiger charge is 2.43. The van der Waals surface area contributed by atoms with Crippen LogP contribution in [0.5, 0.6) is 0 Å². The van der Waals surface area contributed by atoms with Crippen molar-refractivity contribution in [2.24, 2.45) is 10.3 Å². The number of ether oxygens (including phenoxy) is 1. The van der Waals surface area contributed by atoms with Gasteiger partial charge in [0.05, 0.1) is 24.6 Å². The maximum Gasteiger partial charge on any atom is 0.381 e. The lowest BCUT2D eigenvalue weighted by Crippen LogP contribution is -2.36. The molecule has 0 N–H and O–H groups in total. The molecule has 0 saturated carbocycles. The molecule has 1 saturated heterocycles. The molecule has 0 radical (unpaired) electrons. The van der Waals surface area contributed by atoms with Gasteiger partial charge >= 0.3 is 5.97 Å². The molecular formula is C11H16N2O4. The third-order valence-corrected chi connectivity index (χ3v) is 2.76. The summed E-state index contributed by atoms with van der Waals surface area (Å²) >= 11 is 0. The molecule has 2 heterocycles. The summed E-state index contributed by atoms with van der Waals surface area (Å²) in [6.07, 6.45) is 1.86.